The van der Waals surface area contributed by atoms with Gasteiger partial charge in [-0.2, -0.15) is 0 Å². The number of H-pyrrole nitrogens is 1. The molecular weight excluding hydrogens is 348 g/mol. The van der Waals surface area contributed by atoms with Gasteiger partial charge in [-0.3, -0.25) is 19.8 Å². The Morgan fingerprint density at radius 3 is 2.74 bits per heavy atom. The summed E-state index contributed by atoms with van der Waals surface area (Å²) in [6, 6.07) is 4.59. The first kappa shape index (κ1) is 19.0. The number of methoxy groups -OCH3 is 1. The summed E-state index contributed by atoms with van der Waals surface area (Å²) in [6.07, 6.45) is 0.597. The number of non-ortho nitro benzene ring substituents is 1. The van der Waals surface area contributed by atoms with Gasteiger partial charge in [-0.1, -0.05) is 20.8 Å². The zero-order chi connectivity index (χ0) is 19.8. The van der Waals surface area contributed by atoms with E-state index in [2.05, 4.69) is 14.9 Å². The van der Waals surface area contributed by atoms with Crippen molar-refractivity contribution in [3.63, 3.8) is 0 Å². The van der Waals surface area contributed by atoms with Crippen molar-refractivity contribution >= 4 is 5.69 Å². The van der Waals surface area contributed by atoms with Crippen molar-refractivity contribution in [2.24, 2.45) is 0 Å². The molecule has 0 saturated carbocycles. The highest BCUT2D eigenvalue weighted by Gasteiger charge is 2.25. The first-order chi connectivity index (χ1) is 12.7. The van der Waals surface area contributed by atoms with Crippen LogP contribution >= 0.6 is 0 Å². The molecule has 0 bridgehead atoms. The van der Waals surface area contributed by atoms with E-state index in [-0.39, 0.29) is 16.7 Å². The third kappa shape index (κ3) is 4.00. The number of aromatic amines is 1. The predicted molar refractivity (Wildman–Crippen MR) is 101 cm³/mol. The number of nitro groups is 1. The number of fused-ring (bicyclic) bond motifs is 1. The van der Waals surface area contributed by atoms with Gasteiger partial charge in [0.2, 0.25) is 0 Å². The lowest BCUT2D eigenvalue weighted by molar-refractivity contribution is -0.385. The quantitative estimate of drug-likeness (QED) is 0.654. The van der Waals surface area contributed by atoms with Crippen LogP contribution < -0.4 is 10.3 Å². The Morgan fingerprint density at radius 2 is 2.11 bits per heavy atom. The third-order valence-corrected chi connectivity index (χ3v) is 4.73. The van der Waals surface area contributed by atoms with Crippen LogP contribution in [0, 0.1) is 10.1 Å². The minimum atomic E-state index is -0.412. The van der Waals surface area contributed by atoms with E-state index in [4.69, 9.17) is 4.74 Å². The second-order valence-electron chi connectivity index (χ2n) is 7.80. The van der Waals surface area contributed by atoms with E-state index >= 15 is 0 Å². The van der Waals surface area contributed by atoms with Gasteiger partial charge >= 0.3 is 0 Å². The van der Waals surface area contributed by atoms with Gasteiger partial charge in [-0.25, -0.2) is 4.98 Å². The Morgan fingerprint density at radius 1 is 1.37 bits per heavy atom. The number of hydrogen-bond donors (Lipinski definition) is 1. The molecule has 0 fully saturated rings. The van der Waals surface area contributed by atoms with Crippen LogP contribution in [0.3, 0.4) is 0 Å². The van der Waals surface area contributed by atoms with Crippen molar-refractivity contribution in [2.75, 3.05) is 13.7 Å². The maximum absolute atomic E-state index is 12.4. The number of rotatable bonds is 4. The average Bonchev–Trinajstić information content (AvgIpc) is 2.60. The molecule has 3 rings (SSSR count). The van der Waals surface area contributed by atoms with Gasteiger partial charge < -0.3 is 9.72 Å². The first-order valence-corrected chi connectivity index (χ1v) is 8.85. The highest BCUT2D eigenvalue weighted by atomic mass is 16.6. The molecule has 0 radical (unpaired) electrons. The molecule has 1 aliphatic rings. The Hall–Kier alpha value is -2.74. The lowest BCUT2D eigenvalue weighted by Gasteiger charge is -2.29. The molecule has 0 spiro atoms. The molecule has 0 saturated heterocycles. The minimum absolute atomic E-state index is 0.0350. The highest BCUT2D eigenvalue weighted by Crippen LogP contribution is 2.27. The van der Waals surface area contributed by atoms with Gasteiger partial charge in [-0.05, 0) is 12.5 Å². The van der Waals surface area contributed by atoms with E-state index in [0.29, 0.717) is 37.6 Å². The summed E-state index contributed by atoms with van der Waals surface area (Å²) < 4.78 is 5.35. The van der Waals surface area contributed by atoms with Gasteiger partial charge in [0.25, 0.3) is 11.2 Å². The van der Waals surface area contributed by atoms with Crippen LogP contribution in [0.4, 0.5) is 5.69 Å². The fourth-order valence-corrected chi connectivity index (χ4v) is 3.23. The molecule has 144 valence electrons. The summed E-state index contributed by atoms with van der Waals surface area (Å²) in [7, 11) is 1.55. The lowest BCUT2D eigenvalue weighted by Crippen LogP contribution is -2.36. The smallest absolute Gasteiger partial charge is 0.270 e. The number of nitrogens with zero attached hydrogens (tertiary/aromatic N) is 3. The second kappa shape index (κ2) is 7.11. The second-order valence-corrected chi connectivity index (χ2v) is 7.80. The zero-order valence-corrected chi connectivity index (χ0v) is 16.0. The monoisotopic (exact) mass is 372 g/mol. The average molecular weight is 372 g/mol. The van der Waals surface area contributed by atoms with Gasteiger partial charge in [0.15, 0.2) is 0 Å². The molecule has 8 heteroatoms. The van der Waals surface area contributed by atoms with Crippen LogP contribution in [-0.2, 0) is 24.9 Å². The van der Waals surface area contributed by atoms with Crippen LogP contribution in [0.15, 0.2) is 23.0 Å². The Labute approximate surface area is 157 Å². The van der Waals surface area contributed by atoms with Crippen molar-refractivity contribution in [3.8, 4) is 5.75 Å². The fourth-order valence-electron chi connectivity index (χ4n) is 3.23. The molecule has 8 nitrogen and oxygen atoms in total. The minimum Gasteiger partial charge on any atom is -0.496 e. The number of ether oxygens (including phenoxy) is 1. The maximum Gasteiger partial charge on any atom is 0.270 e. The molecule has 0 atom stereocenters. The number of aromatic nitrogens is 2. The molecule has 0 amide bonds. The summed E-state index contributed by atoms with van der Waals surface area (Å²) in [5.41, 5.74) is 1.96. The Bertz CT molecular complexity index is 930. The normalized spacial score (nSPS) is 14.7. The van der Waals surface area contributed by atoms with Crippen LogP contribution in [0.2, 0.25) is 0 Å². The maximum atomic E-state index is 12.4. The van der Waals surface area contributed by atoms with Gasteiger partial charge in [0.1, 0.15) is 11.6 Å². The largest absolute Gasteiger partial charge is 0.496 e. The molecule has 1 aromatic heterocycles. The highest BCUT2D eigenvalue weighted by molar-refractivity contribution is 5.44. The van der Waals surface area contributed by atoms with Crippen molar-refractivity contribution < 1.29 is 9.66 Å². The fraction of sp³-hybridized carbons (Fsp3) is 0.474. The first-order valence-electron chi connectivity index (χ1n) is 8.85. The van der Waals surface area contributed by atoms with Crippen molar-refractivity contribution in [3.05, 3.63) is 61.3 Å². The van der Waals surface area contributed by atoms with Crippen molar-refractivity contribution in [2.45, 2.75) is 45.7 Å². The van der Waals surface area contributed by atoms with E-state index in [0.717, 1.165) is 16.8 Å². The van der Waals surface area contributed by atoms with Gasteiger partial charge in [-0.15, -0.1) is 0 Å². The van der Waals surface area contributed by atoms with Gasteiger partial charge in [0.05, 0.1) is 17.7 Å². The molecule has 1 N–H and O–H groups in total. The van der Waals surface area contributed by atoms with E-state index in [1.165, 1.54) is 6.07 Å². The predicted octanol–water partition coefficient (Wildman–Crippen LogP) is 2.54. The van der Waals surface area contributed by atoms with Crippen molar-refractivity contribution in [1.82, 2.24) is 14.9 Å². The molecule has 2 aromatic rings. The van der Waals surface area contributed by atoms with Crippen LogP contribution in [-0.4, -0.2) is 33.4 Å². The summed E-state index contributed by atoms with van der Waals surface area (Å²) in [6.45, 7) is 7.71. The zero-order valence-electron chi connectivity index (χ0n) is 16.0. The number of nitro benzene ring substituents is 1. The van der Waals surface area contributed by atoms with Crippen LogP contribution in [0.1, 0.15) is 43.4 Å². The number of hydrogen-bond acceptors (Lipinski definition) is 6. The topological polar surface area (TPSA) is 101 Å². The van der Waals surface area contributed by atoms with E-state index in [1.54, 1.807) is 19.2 Å². The van der Waals surface area contributed by atoms with Crippen LogP contribution in [0.25, 0.3) is 0 Å². The van der Waals surface area contributed by atoms with E-state index < -0.39 is 4.92 Å². The third-order valence-electron chi connectivity index (χ3n) is 4.73. The van der Waals surface area contributed by atoms with E-state index in [9.17, 15) is 14.9 Å². The number of nitrogens with one attached hydrogen (secondary N) is 1. The van der Waals surface area contributed by atoms with E-state index in [1.807, 2.05) is 20.8 Å². The molecule has 27 heavy (non-hydrogen) atoms. The molecule has 2 heterocycles. The summed E-state index contributed by atoms with van der Waals surface area (Å²) in [5, 5.41) is 11.1. The lowest BCUT2D eigenvalue weighted by atomic mass is 9.95. The summed E-state index contributed by atoms with van der Waals surface area (Å²) in [4.78, 5) is 32.8. The molecule has 1 aliphatic heterocycles. The molecule has 0 aliphatic carbocycles. The van der Waals surface area contributed by atoms with Crippen molar-refractivity contribution in [1.29, 1.82) is 0 Å². The summed E-state index contributed by atoms with van der Waals surface area (Å²) in [5.74, 6) is 1.28. The standard InChI is InChI=1S/C19H24N4O4/c1-19(2,3)18-20-15-11-22(8-7-14(15)17(24)21-18)10-12-9-13(23(25)26)5-6-16(12)27-4/h5-6,9H,7-8,10-11H2,1-4H3,(H,20,21,24). The van der Waals surface area contributed by atoms with Gasteiger partial charge in [0, 0.05) is 48.3 Å². The Balaban J connectivity index is 1.89. The Kier molecular flexibility index (Phi) is 5.01. The summed E-state index contributed by atoms with van der Waals surface area (Å²) >= 11 is 0. The number of benzene rings is 1. The molecule has 1 aromatic carbocycles. The van der Waals surface area contributed by atoms with Crippen LogP contribution in [0.5, 0.6) is 5.75 Å². The molecule has 0 unspecified atom stereocenters. The SMILES string of the molecule is COc1ccc([N+](=O)[O-])cc1CN1CCc2c(nc(C(C)(C)C)[nH]c2=O)C1. The molecular formula is C19H24N4O4.